The van der Waals surface area contributed by atoms with Gasteiger partial charge in [0.1, 0.15) is 12.2 Å². The maximum atomic E-state index is 13.9. The minimum Gasteiger partial charge on any atom is -0.494 e. The summed E-state index contributed by atoms with van der Waals surface area (Å²) in [5.74, 6) is 1.07. The SMILES string of the molecule is COc1cc2c(N3CCCC(c4ncn[nH]4)C3)ccnc2cc1F. The Labute approximate surface area is 138 Å². The molecule has 0 spiro atoms. The molecular formula is C17H18FN5O. The summed E-state index contributed by atoms with van der Waals surface area (Å²) >= 11 is 0. The first-order valence-corrected chi connectivity index (χ1v) is 7.98. The van der Waals surface area contributed by atoms with Crippen molar-refractivity contribution >= 4 is 16.6 Å². The van der Waals surface area contributed by atoms with Crippen molar-refractivity contribution in [2.45, 2.75) is 18.8 Å². The van der Waals surface area contributed by atoms with Gasteiger partial charge < -0.3 is 9.64 Å². The summed E-state index contributed by atoms with van der Waals surface area (Å²) in [6.07, 6.45) is 5.41. The Kier molecular flexibility index (Phi) is 3.76. The second-order valence-corrected chi connectivity index (χ2v) is 5.99. The molecule has 0 amide bonds. The number of fused-ring (bicyclic) bond motifs is 1. The molecule has 1 atom stereocenters. The molecule has 1 N–H and O–H groups in total. The standard InChI is InChI=1S/C17H18FN5O/c1-24-16-7-12-14(8-13(16)18)19-5-4-15(12)23-6-2-3-11(9-23)17-20-10-21-22-17/h4-5,7-8,10-11H,2-3,6,9H2,1H3,(H,20,21,22). The van der Waals surface area contributed by atoms with E-state index >= 15 is 0 Å². The van der Waals surface area contributed by atoms with Crippen molar-refractivity contribution in [3.63, 3.8) is 0 Å². The van der Waals surface area contributed by atoms with Gasteiger partial charge in [-0.15, -0.1) is 0 Å². The Balaban J connectivity index is 1.72. The zero-order valence-electron chi connectivity index (χ0n) is 13.4. The van der Waals surface area contributed by atoms with Gasteiger partial charge in [-0.1, -0.05) is 0 Å². The van der Waals surface area contributed by atoms with Gasteiger partial charge in [-0.2, -0.15) is 5.10 Å². The quantitative estimate of drug-likeness (QED) is 0.801. The van der Waals surface area contributed by atoms with Gasteiger partial charge in [-0.25, -0.2) is 9.37 Å². The van der Waals surface area contributed by atoms with Crippen molar-refractivity contribution in [1.29, 1.82) is 0 Å². The van der Waals surface area contributed by atoms with Crippen molar-refractivity contribution in [3.8, 4) is 5.75 Å². The van der Waals surface area contributed by atoms with Crippen LogP contribution in [0.5, 0.6) is 5.75 Å². The van der Waals surface area contributed by atoms with Gasteiger partial charge in [-0.05, 0) is 25.0 Å². The molecular weight excluding hydrogens is 309 g/mol. The van der Waals surface area contributed by atoms with Crippen LogP contribution in [0.15, 0.2) is 30.7 Å². The van der Waals surface area contributed by atoms with Gasteiger partial charge in [0.2, 0.25) is 0 Å². The lowest BCUT2D eigenvalue weighted by Gasteiger charge is -2.34. The van der Waals surface area contributed by atoms with E-state index in [4.69, 9.17) is 4.74 Å². The summed E-state index contributed by atoms with van der Waals surface area (Å²) < 4.78 is 19.1. The van der Waals surface area contributed by atoms with Crippen LogP contribution < -0.4 is 9.64 Å². The molecule has 3 heterocycles. The van der Waals surface area contributed by atoms with Crippen LogP contribution in [0, 0.1) is 5.82 Å². The minimum absolute atomic E-state index is 0.237. The van der Waals surface area contributed by atoms with Crippen molar-refractivity contribution in [3.05, 3.63) is 42.4 Å². The molecule has 1 unspecified atom stereocenters. The predicted octanol–water partition coefficient (Wildman–Crippen LogP) is 2.88. The van der Waals surface area contributed by atoms with Gasteiger partial charge in [0, 0.05) is 42.3 Å². The number of aromatic nitrogens is 4. The third-order valence-corrected chi connectivity index (χ3v) is 4.57. The number of hydrogen-bond donors (Lipinski definition) is 1. The van der Waals surface area contributed by atoms with Gasteiger partial charge in [0.15, 0.2) is 11.6 Å². The third kappa shape index (κ3) is 2.55. The molecule has 6 nitrogen and oxygen atoms in total. The monoisotopic (exact) mass is 327 g/mol. The molecule has 2 aromatic heterocycles. The van der Waals surface area contributed by atoms with Crippen molar-refractivity contribution in [1.82, 2.24) is 20.2 Å². The van der Waals surface area contributed by atoms with Crippen LogP contribution in [0.2, 0.25) is 0 Å². The van der Waals surface area contributed by atoms with E-state index in [9.17, 15) is 4.39 Å². The van der Waals surface area contributed by atoms with Gasteiger partial charge >= 0.3 is 0 Å². The fraction of sp³-hybridized carbons (Fsp3) is 0.353. The van der Waals surface area contributed by atoms with E-state index in [1.54, 1.807) is 18.6 Å². The van der Waals surface area contributed by atoms with Gasteiger partial charge in [-0.3, -0.25) is 10.1 Å². The maximum Gasteiger partial charge on any atom is 0.167 e. The number of benzene rings is 1. The predicted molar refractivity (Wildman–Crippen MR) is 88.8 cm³/mol. The highest BCUT2D eigenvalue weighted by Crippen LogP contribution is 2.34. The molecule has 0 saturated carbocycles. The number of nitrogens with zero attached hydrogens (tertiary/aromatic N) is 4. The van der Waals surface area contributed by atoms with Crippen LogP contribution in [0.25, 0.3) is 10.9 Å². The summed E-state index contributed by atoms with van der Waals surface area (Å²) in [4.78, 5) is 10.9. The molecule has 124 valence electrons. The summed E-state index contributed by atoms with van der Waals surface area (Å²) in [7, 11) is 1.47. The number of piperidine rings is 1. The molecule has 1 aromatic carbocycles. The number of nitrogens with one attached hydrogen (secondary N) is 1. The second-order valence-electron chi connectivity index (χ2n) is 5.99. The smallest absolute Gasteiger partial charge is 0.167 e. The van der Waals surface area contributed by atoms with E-state index < -0.39 is 5.82 Å². The zero-order valence-corrected chi connectivity index (χ0v) is 13.4. The first-order chi connectivity index (χ1) is 11.8. The zero-order chi connectivity index (χ0) is 16.5. The fourth-order valence-electron chi connectivity index (χ4n) is 3.40. The number of methoxy groups -OCH3 is 1. The molecule has 4 rings (SSSR count). The van der Waals surface area contributed by atoms with E-state index in [-0.39, 0.29) is 5.75 Å². The van der Waals surface area contributed by atoms with E-state index in [0.717, 1.165) is 42.8 Å². The number of rotatable bonds is 3. The summed E-state index contributed by atoms with van der Waals surface area (Å²) in [6.45, 7) is 1.79. The largest absolute Gasteiger partial charge is 0.494 e. The molecule has 0 radical (unpaired) electrons. The highest BCUT2D eigenvalue weighted by atomic mass is 19.1. The van der Waals surface area contributed by atoms with Gasteiger partial charge in [0.05, 0.1) is 12.6 Å². The average Bonchev–Trinajstić information content (AvgIpc) is 3.15. The number of H-pyrrole nitrogens is 1. The van der Waals surface area contributed by atoms with Gasteiger partial charge in [0.25, 0.3) is 0 Å². The Hall–Kier alpha value is -2.70. The lowest BCUT2D eigenvalue weighted by Crippen LogP contribution is -2.34. The number of halogens is 1. The first-order valence-electron chi connectivity index (χ1n) is 7.98. The summed E-state index contributed by atoms with van der Waals surface area (Å²) in [6, 6.07) is 5.13. The average molecular weight is 327 g/mol. The number of aromatic amines is 1. The topological polar surface area (TPSA) is 66.9 Å². The van der Waals surface area contributed by atoms with E-state index in [0.29, 0.717) is 11.4 Å². The summed E-state index contributed by atoms with van der Waals surface area (Å²) in [5.41, 5.74) is 1.68. The van der Waals surface area contributed by atoms with Crippen LogP contribution in [0.1, 0.15) is 24.6 Å². The van der Waals surface area contributed by atoms with E-state index in [1.807, 2.05) is 6.07 Å². The highest BCUT2D eigenvalue weighted by Gasteiger charge is 2.25. The fourth-order valence-corrected chi connectivity index (χ4v) is 3.40. The Morgan fingerprint density at radius 2 is 2.25 bits per heavy atom. The maximum absolute atomic E-state index is 13.9. The number of ether oxygens (including phenoxy) is 1. The van der Waals surface area contributed by atoms with Crippen LogP contribution in [-0.4, -0.2) is 40.4 Å². The van der Waals surface area contributed by atoms with Crippen LogP contribution in [-0.2, 0) is 0 Å². The molecule has 24 heavy (non-hydrogen) atoms. The number of hydrogen-bond acceptors (Lipinski definition) is 5. The molecule has 1 saturated heterocycles. The van der Waals surface area contributed by atoms with Crippen molar-refractivity contribution in [2.24, 2.45) is 0 Å². The minimum atomic E-state index is -0.396. The molecule has 1 aliphatic heterocycles. The lowest BCUT2D eigenvalue weighted by atomic mass is 9.96. The Morgan fingerprint density at radius 3 is 3.04 bits per heavy atom. The van der Waals surface area contributed by atoms with Crippen LogP contribution in [0.3, 0.4) is 0 Å². The van der Waals surface area contributed by atoms with Crippen molar-refractivity contribution < 1.29 is 9.13 Å². The molecule has 0 bridgehead atoms. The Morgan fingerprint density at radius 1 is 1.33 bits per heavy atom. The van der Waals surface area contributed by atoms with Crippen LogP contribution >= 0.6 is 0 Å². The molecule has 1 aliphatic rings. The van der Waals surface area contributed by atoms with Crippen molar-refractivity contribution in [2.75, 3.05) is 25.1 Å². The highest BCUT2D eigenvalue weighted by molar-refractivity contribution is 5.92. The Bertz CT molecular complexity index is 852. The molecule has 3 aromatic rings. The normalized spacial score (nSPS) is 18.1. The van der Waals surface area contributed by atoms with E-state index in [1.165, 1.54) is 13.2 Å². The molecule has 7 heteroatoms. The third-order valence-electron chi connectivity index (χ3n) is 4.57. The molecule has 1 fully saturated rings. The number of anilines is 1. The van der Waals surface area contributed by atoms with E-state index in [2.05, 4.69) is 25.1 Å². The molecule has 0 aliphatic carbocycles. The second kappa shape index (κ2) is 6.07. The van der Waals surface area contributed by atoms with Crippen LogP contribution in [0.4, 0.5) is 10.1 Å². The first kappa shape index (κ1) is 14.9. The lowest BCUT2D eigenvalue weighted by molar-refractivity contribution is 0.387. The number of pyridine rings is 1. The summed E-state index contributed by atoms with van der Waals surface area (Å²) in [5, 5.41) is 7.82.